The Labute approximate surface area is 136 Å². The summed E-state index contributed by atoms with van der Waals surface area (Å²) in [6.07, 6.45) is 2.52. The van der Waals surface area contributed by atoms with Crippen LogP contribution in [0.1, 0.15) is 27.0 Å². The van der Waals surface area contributed by atoms with Crippen LogP contribution in [-0.2, 0) is 6.42 Å². The number of nitrogens with zero attached hydrogens (tertiary/aromatic N) is 1. The van der Waals surface area contributed by atoms with Gasteiger partial charge in [-0.2, -0.15) is 0 Å². The normalized spacial score (nSPS) is 10.3. The summed E-state index contributed by atoms with van der Waals surface area (Å²) in [4.78, 5) is 16.3. The predicted octanol–water partition coefficient (Wildman–Crippen LogP) is 4.23. The Balaban J connectivity index is 1.68. The molecule has 3 rings (SSSR count). The lowest BCUT2D eigenvalue weighted by Crippen LogP contribution is -2.12. The average Bonchev–Trinajstić information content (AvgIpc) is 2.56. The zero-order valence-electron chi connectivity index (χ0n) is 13.0. The van der Waals surface area contributed by atoms with Gasteiger partial charge in [-0.05, 0) is 48.7 Å². The van der Waals surface area contributed by atoms with Crippen LogP contribution in [0.3, 0.4) is 0 Å². The van der Waals surface area contributed by atoms with Gasteiger partial charge in [0.25, 0.3) is 5.91 Å². The first-order valence-electron chi connectivity index (χ1n) is 7.57. The van der Waals surface area contributed by atoms with Crippen molar-refractivity contribution in [3.05, 3.63) is 95.2 Å². The first-order chi connectivity index (χ1) is 11.2. The topological polar surface area (TPSA) is 42.0 Å². The van der Waals surface area contributed by atoms with E-state index in [1.54, 1.807) is 12.3 Å². The summed E-state index contributed by atoms with van der Waals surface area (Å²) in [6, 6.07) is 21.6. The molecule has 0 aliphatic carbocycles. The van der Waals surface area contributed by atoms with E-state index in [1.807, 2.05) is 36.4 Å². The molecule has 0 saturated carbocycles. The lowest BCUT2D eigenvalue weighted by atomic mass is 10.0. The number of hydrogen-bond acceptors (Lipinski definition) is 2. The van der Waals surface area contributed by atoms with Gasteiger partial charge < -0.3 is 5.32 Å². The fraction of sp³-hybridized carbons (Fsp3) is 0.100. The van der Waals surface area contributed by atoms with Crippen LogP contribution in [0.25, 0.3) is 0 Å². The molecular formula is C20H18N2O. The van der Waals surface area contributed by atoms with Crippen LogP contribution in [0.4, 0.5) is 5.82 Å². The van der Waals surface area contributed by atoms with Gasteiger partial charge in [0.2, 0.25) is 0 Å². The molecular weight excluding hydrogens is 284 g/mol. The molecule has 0 atom stereocenters. The Hall–Kier alpha value is -2.94. The number of anilines is 1. The summed E-state index contributed by atoms with van der Waals surface area (Å²) in [5.41, 5.74) is 4.35. The first-order valence-corrected chi connectivity index (χ1v) is 7.57. The molecule has 114 valence electrons. The minimum absolute atomic E-state index is 0.147. The Bertz CT molecular complexity index is 795. The molecule has 0 aliphatic heterocycles. The highest BCUT2D eigenvalue weighted by atomic mass is 16.1. The zero-order chi connectivity index (χ0) is 16.1. The van der Waals surface area contributed by atoms with Crippen molar-refractivity contribution in [3.63, 3.8) is 0 Å². The Kier molecular flexibility index (Phi) is 4.48. The molecule has 3 heteroatoms. The molecule has 0 aliphatic rings. The van der Waals surface area contributed by atoms with Crippen molar-refractivity contribution in [2.24, 2.45) is 0 Å². The fourth-order valence-corrected chi connectivity index (χ4v) is 2.46. The standard InChI is InChI=1S/C20H18N2O/c1-15-5-4-6-17(13-15)14-16-8-10-18(11-9-16)20(23)22-19-7-2-3-12-21-19/h2-13H,14H2,1H3,(H,21,22,23). The molecule has 0 fully saturated rings. The second-order valence-electron chi connectivity index (χ2n) is 5.53. The third kappa shape index (κ3) is 4.04. The van der Waals surface area contributed by atoms with Crippen molar-refractivity contribution in [1.82, 2.24) is 4.98 Å². The van der Waals surface area contributed by atoms with E-state index in [1.165, 1.54) is 16.7 Å². The molecule has 0 saturated heterocycles. The van der Waals surface area contributed by atoms with Crippen molar-refractivity contribution in [3.8, 4) is 0 Å². The molecule has 1 N–H and O–H groups in total. The van der Waals surface area contributed by atoms with Crippen molar-refractivity contribution in [1.29, 1.82) is 0 Å². The van der Waals surface area contributed by atoms with E-state index in [9.17, 15) is 4.79 Å². The molecule has 0 radical (unpaired) electrons. The molecule has 1 heterocycles. The second-order valence-corrected chi connectivity index (χ2v) is 5.53. The van der Waals surface area contributed by atoms with E-state index < -0.39 is 0 Å². The molecule has 0 bridgehead atoms. The van der Waals surface area contributed by atoms with Gasteiger partial charge in [0.05, 0.1) is 0 Å². The third-order valence-corrected chi connectivity index (χ3v) is 3.61. The number of rotatable bonds is 4. The number of carbonyl (C=O) groups is 1. The molecule has 3 aromatic rings. The van der Waals surface area contributed by atoms with Crippen LogP contribution in [0.15, 0.2) is 72.9 Å². The van der Waals surface area contributed by atoms with Crippen LogP contribution < -0.4 is 5.32 Å². The largest absolute Gasteiger partial charge is 0.307 e. The number of hydrogen-bond donors (Lipinski definition) is 1. The average molecular weight is 302 g/mol. The molecule has 3 nitrogen and oxygen atoms in total. The number of nitrogens with one attached hydrogen (secondary N) is 1. The van der Waals surface area contributed by atoms with Gasteiger partial charge >= 0.3 is 0 Å². The van der Waals surface area contributed by atoms with Gasteiger partial charge in [0.15, 0.2) is 0 Å². The maximum atomic E-state index is 12.2. The van der Waals surface area contributed by atoms with Crippen LogP contribution >= 0.6 is 0 Å². The summed E-state index contributed by atoms with van der Waals surface area (Å²) < 4.78 is 0. The zero-order valence-corrected chi connectivity index (χ0v) is 13.0. The van der Waals surface area contributed by atoms with E-state index >= 15 is 0 Å². The van der Waals surface area contributed by atoms with Gasteiger partial charge in [-0.25, -0.2) is 4.98 Å². The maximum absolute atomic E-state index is 12.2. The Morgan fingerprint density at radius 2 is 1.78 bits per heavy atom. The van der Waals surface area contributed by atoms with Gasteiger partial charge in [-0.3, -0.25) is 4.79 Å². The van der Waals surface area contributed by atoms with Gasteiger partial charge in [-0.15, -0.1) is 0 Å². The van der Waals surface area contributed by atoms with Gasteiger partial charge in [0, 0.05) is 11.8 Å². The predicted molar refractivity (Wildman–Crippen MR) is 92.6 cm³/mol. The summed E-state index contributed by atoms with van der Waals surface area (Å²) in [5, 5.41) is 2.78. The highest BCUT2D eigenvalue weighted by Crippen LogP contribution is 2.13. The van der Waals surface area contributed by atoms with E-state index in [2.05, 4.69) is 41.5 Å². The van der Waals surface area contributed by atoms with Crippen molar-refractivity contribution in [2.75, 3.05) is 5.32 Å². The van der Waals surface area contributed by atoms with Crippen molar-refractivity contribution in [2.45, 2.75) is 13.3 Å². The molecule has 0 unspecified atom stereocenters. The quantitative estimate of drug-likeness (QED) is 0.783. The minimum atomic E-state index is -0.147. The van der Waals surface area contributed by atoms with Crippen molar-refractivity contribution >= 4 is 11.7 Å². The summed E-state index contributed by atoms with van der Waals surface area (Å²) in [6.45, 7) is 2.09. The van der Waals surface area contributed by atoms with E-state index in [-0.39, 0.29) is 5.91 Å². The number of carbonyl (C=O) groups excluding carboxylic acids is 1. The lowest BCUT2D eigenvalue weighted by Gasteiger charge is -2.06. The highest BCUT2D eigenvalue weighted by molar-refractivity contribution is 6.03. The molecule has 1 amide bonds. The Morgan fingerprint density at radius 3 is 2.48 bits per heavy atom. The van der Waals surface area contributed by atoms with Crippen LogP contribution in [0.2, 0.25) is 0 Å². The fourth-order valence-electron chi connectivity index (χ4n) is 2.46. The highest BCUT2D eigenvalue weighted by Gasteiger charge is 2.06. The smallest absolute Gasteiger partial charge is 0.256 e. The number of aryl methyl sites for hydroxylation is 1. The summed E-state index contributed by atoms with van der Waals surface area (Å²) in [5.74, 6) is 0.409. The minimum Gasteiger partial charge on any atom is -0.307 e. The van der Waals surface area contributed by atoms with Crippen LogP contribution in [0, 0.1) is 6.92 Å². The van der Waals surface area contributed by atoms with E-state index in [0.29, 0.717) is 11.4 Å². The van der Waals surface area contributed by atoms with Gasteiger partial charge in [0.1, 0.15) is 5.82 Å². The maximum Gasteiger partial charge on any atom is 0.256 e. The SMILES string of the molecule is Cc1cccc(Cc2ccc(C(=O)Nc3ccccn3)cc2)c1. The van der Waals surface area contributed by atoms with Crippen LogP contribution in [0.5, 0.6) is 0 Å². The monoisotopic (exact) mass is 302 g/mol. The molecule has 23 heavy (non-hydrogen) atoms. The second kappa shape index (κ2) is 6.88. The summed E-state index contributed by atoms with van der Waals surface area (Å²) in [7, 11) is 0. The van der Waals surface area contributed by atoms with Crippen molar-refractivity contribution < 1.29 is 4.79 Å². The summed E-state index contributed by atoms with van der Waals surface area (Å²) >= 11 is 0. The molecule has 1 aromatic heterocycles. The number of pyridine rings is 1. The van der Waals surface area contributed by atoms with Crippen LogP contribution in [-0.4, -0.2) is 10.9 Å². The number of amides is 1. The Morgan fingerprint density at radius 1 is 0.957 bits per heavy atom. The number of benzene rings is 2. The molecule has 0 spiro atoms. The van der Waals surface area contributed by atoms with Gasteiger partial charge in [-0.1, -0.05) is 48.0 Å². The third-order valence-electron chi connectivity index (χ3n) is 3.61. The number of aromatic nitrogens is 1. The van der Waals surface area contributed by atoms with E-state index in [4.69, 9.17) is 0 Å². The molecule has 2 aromatic carbocycles. The van der Waals surface area contributed by atoms with E-state index in [0.717, 1.165) is 6.42 Å². The first kappa shape index (κ1) is 15.0. The lowest BCUT2D eigenvalue weighted by molar-refractivity contribution is 0.102.